The first-order valence-electron chi connectivity index (χ1n) is 13.0. The van der Waals surface area contributed by atoms with E-state index in [2.05, 4.69) is 24.0 Å². The fourth-order valence-electron chi connectivity index (χ4n) is 4.52. The first-order chi connectivity index (χ1) is 19.9. The van der Waals surface area contributed by atoms with E-state index in [0.717, 1.165) is 39.5 Å². The molecule has 2 amide bonds. The summed E-state index contributed by atoms with van der Waals surface area (Å²) in [7, 11) is 1.64. The number of rotatable bonds is 10. The number of hydrogen-bond acceptors (Lipinski definition) is 7. The minimum Gasteiger partial charge on any atom is -0.497 e. The van der Waals surface area contributed by atoms with E-state index in [9.17, 15) is 18.0 Å². The second-order valence-electron chi connectivity index (χ2n) is 9.69. The summed E-state index contributed by atoms with van der Waals surface area (Å²) in [6.45, 7) is 2.15. The highest BCUT2D eigenvalue weighted by molar-refractivity contribution is 8.14. The first kappa shape index (κ1) is 32.6. The van der Waals surface area contributed by atoms with E-state index in [1.165, 1.54) is 12.1 Å². The number of ether oxygens (including phenoxy) is 1. The largest absolute Gasteiger partial charge is 0.497 e. The van der Waals surface area contributed by atoms with Gasteiger partial charge in [0.25, 0.3) is 0 Å². The number of primary amides is 1. The number of alkyl halides is 3. The Kier molecular flexibility index (Phi) is 11.1. The van der Waals surface area contributed by atoms with Crippen LogP contribution >= 0.6 is 11.8 Å². The number of aliphatic imine (C=N–C) groups is 1. The normalized spacial score (nSPS) is 16.6. The molecule has 2 unspecified atom stereocenters. The van der Waals surface area contributed by atoms with Gasteiger partial charge >= 0.3 is 6.18 Å². The van der Waals surface area contributed by atoms with E-state index in [-0.39, 0.29) is 23.3 Å². The Morgan fingerprint density at radius 1 is 0.976 bits per heavy atom. The molecule has 224 valence electrons. The molecule has 8 nitrogen and oxygen atoms in total. The Morgan fingerprint density at radius 3 is 2.17 bits per heavy atom. The molecular formula is C30H34F3N5O3S. The number of aryl methyl sites for hydroxylation is 2. The molecule has 7 N–H and O–H groups in total. The second-order valence-corrected chi connectivity index (χ2v) is 11.1. The zero-order valence-corrected chi connectivity index (χ0v) is 24.0. The van der Waals surface area contributed by atoms with Crippen LogP contribution in [0, 0.1) is 0 Å². The van der Waals surface area contributed by atoms with Crippen molar-refractivity contribution in [3.8, 4) is 5.75 Å². The van der Waals surface area contributed by atoms with Crippen LogP contribution in [0.3, 0.4) is 0 Å². The lowest BCUT2D eigenvalue weighted by atomic mass is 9.95. The van der Waals surface area contributed by atoms with Crippen LogP contribution in [0.1, 0.15) is 40.8 Å². The van der Waals surface area contributed by atoms with Crippen LogP contribution in [0.4, 0.5) is 18.9 Å². The molecule has 0 fully saturated rings. The van der Waals surface area contributed by atoms with Crippen molar-refractivity contribution in [2.45, 2.75) is 49.3 Å². The van der Waals surface area contributed by atoms with Crippen LogP contribution in [-0.4, -0.2) is 36.4 Å². The molecule has 1 aliphatic heterocycles. The Hall–Kier alpha value is -3.87. The van der Waals surface area contributed by atoms with Gasteiger partial charge in [-0.2, -0.15) is 13.2 Å². The van der Waals surface area contributed by atoms with Gasteiger partial charge in [0.1, 0.15) is 5.75 Å². The molecule has 2 atom stereocenters. The van der Waals surface area contributed by atoms with Crippen LogP contribution < -0.4 is 27.3 Å². The van der Waals surface area contributed by atoms with Crippen molar-refractivity contribution in [3.63, 3.8) is 0 Å². The van der Waals surface area contributed by atoms with Gasteiger partial charge in [0.15, 0.2) is 5.66 Å². The van der Waals surface area contributed by atoms with Gasteiger partial charge in [0, 0.05) is 17.4 Å². The number of anilines is 1. The van der Waals surface area contributed by atoms with Crippen molar-refractivity contribution in [3.05, 3.63) is 94.5 Å². The summed E-state index contributed by atoms with van der Waals surface area (Å²) in [4.78, 5) is 24.8. The number of carbonyl (C=O) groups excluding carboxylic acids is 2. The first-order valence-corrected chi connectivity index (χ1v) is 13.9. The number of halogens is 3. The van der Waals surface area contributed by atoms with Gasteiger partial charge in [0.05, 0.1) is 18.2 Å². The summed E-state index contributed by atoms with van der Waals surface area (Å²) in [5.74, 6) is 0.812. The molecule has 42 heavy (non-hydrogen) atoms. The minimum atomic E-state index is -4.77. The van der Waals surface area contributed by atoms with E-state index in [1.54, 1.807) is 31.0 Å². The molecule has 0 aromatic heterocycles. The quantitative estimate of drug-likeness (QED) is 0.197. The van der Waals surface area contributed by atoms with Gasteiger partial charge < -0.3 is 27.3 Å². The maximum absolute atomic E-state index is 13.2. The molecule has 12 heteroatoms. The molecule has 1 aliphatic rings. The van der Waals surface area contributed by atoms with E-state index in [0.29, 0.717) is 24.9 Å². The van der Waals surface area contributed by atoms with Crippen molar-refractivity contribution in [2.24, 2.45) is 22.2 Å². The van der Waals surface area contributed by atoms with Crippen LogP contribution in [0.5, 0.6) is 5.75 Å². The molecular weight excluding hydrogens is 567 g/mol. The standard InChI is InChI=1S/C29H31F3N4O2S.CH3NO/c1-18-27(36-26(39-18)15-20-6-12-24(38-2)13-7-20)22-9-14-25(35-17-37)21(16-22)8-3-19-4-10-23(11-5-19)28(33,34)29(30,31)32;2-1-3/h4-7,9-14,16-18,27H,3,8,15,33-34H2,1-2H3,(H,35,37);1H,(H2,2,3). The number of nitrogens with one attached hydrogen (secondary N) is 1. The Morgan fingerprint density at radius 2 is 1.60 bits per heavy atom. The molecule has 0 saturated carbocycles. The highest BCUT2D eigenvalue weighted by Crippen LogP contribution is 2.39. The molecule has 0 saturated heterocycles. The van der Waals surface area contributed by atoms with Crippen LogP contribution in [0.2, 0.25) is 0 Å². The van der Waals surface area contributed by atoms with Gasteiger partial charge in [-0.25, -0.2) is 0 Å². The van der Waals surface area contributed by atoms with Crippen molar-refractivity contribution in [1.29, 1.82) is 0 Å². The number of amides is 2. The topological polar surface area (TPSA) is 146 Å². The maximum Gasteiger partial charge on any atom is 0.423 e. The third-order valence-corrected chi connectivity index (χ3v) is 7.98. The minimum absolute atomic E-state index is 0.0313. The summed E-state index contributed by atoms with van der Waals surface area (Å²) in [5, 5.41) is 4.05. The monoisotopic (exact) mass is 601 g/mol. The molecule has 3 aromatic rings. The molecule has 4 rings (SSSR count). The third-order valence-electron chi connectivity index (χ3n) is 6.83. The number of methoxy groups -OCH3 is 1. The second kappa shape index (κ2) is 14.3. The average Bonchev–Trinajstić information content (AvgIpc) is 3.32. The number of nitrogens with two attached hydrogens (primary N) is 3. The lowest BCUT2D eigenvalue weighted by Crippen LogP contribution is -2.57. The van der Waals surface area contributed by atoms with Crippen LogP contribution in [0.25, 0.3) is 0 Å². The zero-order valence-electron chi connectivity index (χ0n) is 23.2. The van der Waals surface area contributed by atoms with Crippen molar-refractivity contribution >= 4 is 35.3 Å². The number of carbonyl (C=O) groups is 2. The maximum atomic E-state index is 13.2. The number of benzene rings is 3. The van der Waals surface area contributed by atoms with Gasteiger partial charge in [-0.15, -0.1) is 11.8 Å². The number of nitrogens with zero attached hydrogens (tertiary/aromatic N) is 1. The average molecular weight is 602 g/mol. The fourth-order valence-corrected chi connectivity index (χ4v) is 5.72. The predicted molar refractivity (Wildman–Crippen MR) is 160 cm³/mol. The Labute approximate surface area is 246 Å². The molecule has 1 heterocycles. The van der Waals surface area contributed by atoms with Crippen molar-refractivity contribution < 1.29 is 27.5 Å². The number of thioether (sulfide) groups is 1. The predicted octanol–water partition coefficient (Wildman–Crippen LogP) is 4.60. The summed E-state index contributed by atoms with van der Waals surface area (Å²) in [5.41, 5.74) is 16.3. The van der Waals surface area contributed by atoms with E-state index in [1.807, 2.05) is 36.4 Å². The summed E-state index contributed by atoms with van der Waals surface area (Å²) in [6, 6.07) is 19.6. The van der Waals surface area contributed by atoms with Crippen LogP contribution in [0.15, 0.2) is 71.7 Å². The Bertz CT molecular complexity index is 1380. The smallest absolute Gasteiger partial charge is 0.423 e. The number of hydrogen-bond donors (Lipinski definition) is 4. The molecule has 3 aromatic carbocycles. The van der Waals surface area contributed by atoms with E-state index >= 15 is 0 Å². The summed E-state index contributed by atoms with van der Waals surface area (Å²) < 4.78 is 44.7. The van der Waals surface area contributed by atoms with E-state index < -0.39 is 11.8 Å². The zero-order chi connectivity index (χ0) is 30.9. The van der Waals surface area contributed by atoms with Gasteiger partial charge in [-0.1, -0.05) is 55.5 Å². The molecule has 0 bridgehead atoms. The molecule has 0 aliphatic carbocycles. The van der Waals surface area contributed by atoms with Gasteiger partial charge in [-0.05, 0) is 58.9 Å². The highest BCUT2D eigenvalue weighted by Gasteiger charge is 2.50. The molecule has 0 spiro atoms. The van der Waals surface area contributed by atoms with E-state index in [4.69, 9.17) is 26.0 Å². The lowest BCUT2D eigenvalue weighted by Gasteiger charge is -2.27. The summed E-state index contributed by atoms with van der Waals surface area (Å²) >= 11 is 1.76. The summed E-state index contributed by atoms with van der Waals surface area (Å²) in [6.07, 6.45) is -2.03. The van der Waals surface area contributed by atoms with Crippen molar-refractivity contribution in [1.82, 2.24) is 0 Å². The third kappa shape index (κ3) is 8.11. The van der Waals surface area contributed by atoms with Crippen LogP contribution in [-0.2, 0) is 34.5 Å². The molecule has 0 radical (unpaired) electrons. The fraction of sp³-hybridized carbons (Fsp3) is 0.300. The van der Waals surface area contributed by atoms with Gasteiger partial charge in [-0.3, -0.25) is 14.6 Å². The van der Waals surface area contributed by atoms with Gasteiger partial charge in [0.2, 0.25) is 12.8 Å². The highest BCUT2D eigenvalue weighted by atomic mass is 32.2. The SMILES string of the molecule is COc1ccc(CC2=NC(c3ccc(NC=O)c(CCc4ccc(C(N)(N)C(F)(F)F)cc4)c3)C(C)S2)cc1.NC=O. The Balaban J connectivity index is 0.00000155. The van der Waals surface area contributed by atoms with Crippen molar-refractivity contribution in [2.75, 3.05) is 12.4 Å². The lowest BCUT2D eigenvalue weighted by molar-refractivity contribution is -0.188.